The van der Waals surface area contributed by atoms with Gasteiger partial charge in [-0.3, -0.25) is 15.1 Å². The minimum absolute atomic E-state index is 0.0410. The van der Waals surface area contributed by atoms with Gasteiger partial charge in [-0.1, -0.05) is 26.8 Å². The standard InChI is InChI=1S/C18H23F3N2O3/c1-16(2)13-9-10-11(5-6-12(24)14(10)22-26-4)17(16,3)7-8-23(13)15(25)18(19,20)21/h5-6,13,22,24H,7-9H2,1-4H3/t13-,17+/m1/s1. The maximum atomic E-state index is 13.1. The Bertz CT molecular complexity index is 748. The average molecular weight is 372 g/mol. The van der Waals surface area contributed by atoms with E-state index in [2.05, 4.69) is 5.48 Å². The zero-order valence-corrected chi connectivity index (χ0v) is 15.2. The van der Waals surface area contributed by atoms with E-state index in [0.29, 0.717) is 17.7 Å². The fourth-order valence-electron chi connectivity index (χ4n) is 4.61. The number of anilines is 1. The van der Waals surface area contributed by atoms with Crippen molar-refractivity contribution in [2.45, 2.75) is 51.2 Å². The number of phenolic OH excluding ortho intramolecular Hbond substituents is 1. The highest BCUT2D eigenvalue weighted by Gasteiger charge is 2.59. The van der Waals surface area contributed by atoms with E-state index in [4.69, 9.17) is 4.84 Å². The van der Waals surface area contributed by atoms with Crippen LogP contribution in [0.5, 0.6) is 5.75 Å². The third kappa shape index (κ3) is 2.46. The predicted octanol–water partition coefficient (Wildman–Crippen LogP) is 3.37. The lowest BCUT2D eigenvalue weighted by molar-refractivity contribution is -0.195. The van der Waals surface area contributed by atoms with Crippen LogP contribution in [0.3, 0.4) is 0 Å². The molecule has 2 atom stereocenters. The molecule has 1 amide bonds. The number of fused-ring (bicyclic) bond motifs is 4. The zero-order valence-electron chi connectivity index (χ0n) is 15.2. The first-order chi connectivity index (χ1) is 11.9. The molecule has 1 aliphatic heterocycles. The molecule has 0 saturated carbocycles. The molecular formula is C18H23F3N2O3. The molecule has 1 heterocycles. The maximum absolute atomic E-state index is 13.1. The fourth-order valence-corrected chi connectivity index (χ4v) is 4.61. The second-order valence-corrected chi connectivity index (χ2v) is 7.81. The number of benzene rings is 1. The van der Waals surface area contributed by atoms with Gasteiger partial charge in [-0.2, -0.15) is 13.2 Å². The van der Waals surface area contributed by atoms with Crippen molar-refractivity contribution in [3.05, 3.63) is 23.3 Å². The van der Waals surface area contributed by atoms with Crippen molar-refractivity contribution in [1.29, 1.82) is 0 Å². The number of amides is 1. The van der Waals surface area contributed by atoms with Gasteiger partial charge in [0.05, 0.1) is 7.11 Å². The van der Waals surface area contributed by atoms with Gasteiger partial charge in [0.25, 0.3) is 0 Å². The first-order valence-corrected chi connectivity index (χ1v) is 8.47. The van der Waals surface area contributed by atoms with Crippen molar-refractivity contribution >= 4 is 11.6 Å². The molecule has 26 heavy (non-hydrogen) atoms. The van der Waals surface area contributed by atoms with Gasteiger partial charge in [0, 0.05) is 18.0 Å². The molecule has 0 aromatic heterocycles. The van der Waals surface area contributed by atoms with Crippen LogP contribution in [0.4, 0.5) is 18.9 Å². The highest BCUT2D eigenvalue weighted by molar-refractivity contribution is 5.83. The number of carbonyl (C=O) groups excluding carboxylic acids is 1. The van der Waals surface area contributed by atoms with Gasteiger partial charge in [0.15, 0.2) is 0 Å². The van der Waals surface area contributed by atoms with Gasteiger partial charge in [-0.05, 0) is 35.4 Å². The van der Waals surface area contributed by atoms with Gasteiger partial charge in [0.2, 0.25) is 0 Å². The molecule has 0 radical (unpaired) electrons. The van der Waals surface area contributed by atoms with Crippen LogP contribution in [0.1, 0.15) is 38.3 Å². The number of alkyl halides is 3. The Kier molecular flexibility index (Phi) is 4.18. The Morgan fingerprint density at radius 3 is 2.58 bits per heavy atom. The van der Waals surface area contributed by atoms with Crippen molar-refractivity contribution < 1.29 is 27.9 Å². The van der Waals surface area contributed by atoms with Crippen molar-refractivity contribution in [3.8, 4) is 5.75 Å². The monoisotopic (exact) mass is 372 g/mol. The van der Waals surface area contributed by atoms with Crippen LogP contribution in [-0.4, -0.2) is 41.8 Å². The van der Waals surface area contributed by atoms with E-state index < -0.39 is 29.0 Å². The van der Waals surface area contributed by atoms with Crippen LogP contribution in [0, 0.1) is 5.41 Å². The minimum Gasteiger partial charge on any atom is -0.506 e. The highest BCUT2D eigenvalue weighted by Crippen LogP contribution is 2.58. The average Bonchev–Trinajstić information content (AvgIpc) is 2.52. The van der Waals surface area contributed by atoms with Crippen molar-refractivity contribution in [3.63, 3.8) is 0 Å². The summed E-state index contributed by atoms with van der Waals surface area (Å²) in [6.07, 6.45) is -4.29. The molecule has 8 heteroatoms. The van der Waals surface area contributed by atoms with Crippen LogP contribution in [0.25, 0.3) is 0 Å². The molecule has 2 aliphatic rings. The number of nitrogens with one attached hydrogen (secondary N) is 1. The second-order valence-electron chi connectivity index (χ2n) is 7.81. The number of rotatable bonds is 2. The number of hydrogen-bond acceptors (Lipinski definition) is 4. The van der Waals surface area contributed by atoms with Crippen molar-refractivity contribution in [2.24, 2.45) is 5.41 Å². The van der Waals surface area contributed by atoms with E-state index in [9.17, 15) is 23.1 Å². The fraction of sp³-hybridized carbons (Fsp3) is 0.611. The summed E-state index contributed by atoms with van der Waals surface area (Å²) in [6, 6.07) is 2.75. The number of aromatic hydroxyl groups is 1. The lowest BCUT2D eigenvalue weighted by Crippen LogP contribution is -2.66. The molecule has 1 aliphatic carbocycles. The molecule has 1 fully saturated rings. The zero-order chi connectivity index (χ0) is 19.5. The number of nitrogens with zero attached hydrogens (tertiary/aromatic N) is 1. The third-order valence-corrected chi connectivity index (χ3v) is 6.47. The van der Waals surface area contributed by atoms with Crippen molar-refractivity contribution in [2.75, 3.05) is 19.1 Å². The number of piperidine rings is 1. The summed E-state index contributed by atoms with van der Waals surface area (Å²) >= 11 is 0. The van der Waals surface area contributed by atoms with E-state index in [1.165, 1.54) is 7.11 Å². The van der Waals surface area contributed by atoms with Crippen LogP contribution in [0.2, 0.25) is 0 Å². The number of carbonyl (C=O) groups is 1. The lowest BCUT2D eigenvalue weighted by atomic mass is 9.51. The minimum atomic E-state index is -4.91. The van der Waals surface area contributed by atoms with Crippen molar-refractivity contribution in [1.82, 2.24) is 4.90 Å². The number of likely N-dealkylation sites (tertiary alicyclic amines) is 1. The normalized spacial score (nSPS) is 27.0. The first kappa shape index (κ1) is 18.8. The smallest absolute Gasteiger partial charge is 0.471 e. The summed E-state index contributed by atoms with van der Waals surface area (Å²) in [5.74, 6) is -1.84. The molecule has 1 saturated heterocycles. The summed E-state index contributed by atoms with van der Waals surface area (Å²) < 4.78 is 39.3. The first-order valence-electron chi connectivity index (χ1n) is 8.47. The Morgan fingerprint density at radius 1 is 1.35 bits per heavy atom. The van der Waals surface area contributed by atoms with Crippen LogP contribution in [0.15, 0.2) is 12.1 Å². The van der Waals surface area contributed by atoms with E-state index in [1.54, 1.807) is 6.07 Å². The predicted molar refractivity (Wildman–Crippen MR) is 89.7 cm³/mol. The molecule has 2 N–H and O–H groups in total. The molecular weight excluding hydrogens is 349 g/mol. The maximum Gasteiger partial charge on any atom is 0.471 e. The topological polar surface area (TPSA) is 61.8 Å². The molecule has 0 spiro atoms. The lowest BCUT2D eigenvalue weighted by Gasteiger charge is -2.60. The number of halogens is 3. The molecule has 1 aromatic carbocycles. The van der Waals surface area contributed by atoms with E-state index in [-0.39, 0.29) is 18.7 Å². The van der Waals surface area contributed by atoms with Gasteiger partial charge >= 0.3 is 12.1 Å². The van der Waals surface area contributed by atoms with Gasteiger partial charge in [-0.25, -0.2) is 0 Å². The molecule has 1 aromatic rings. The highest BCUT2D eigenvalue weighted by atomic mass is 19.4. The Hall–Kier alpha value is -1.96. The third-order valence-electron chi connectivity index (χ3n) is 6.47. The summed E-state index contributed by atoms with van der Waals surface area (Å²) in [5, 5.41) is 10.2. The molecule has 5 nitrogen and oxygen atoms in total. The largest absolute Gasteiger partial charge is 0.506 e. The summed E-state index contributed by atoms with van der Waals surface area (Å²) in [6.45, 7) is 5.89. The molecule has 3 rings (SSSR count). The SMILES string of the molecule is CONc1c(O)ccc2c1C[C@H]1N(C(=O)C(F)(F)F)CC[C@]2(C)C1(C)C. The van der Waals surface area contributed by atoms with E-state index >= 15 is 0 Å². The molecule has 144 valence electrons. The van der Waals surface area contributed by atoms with Crippen LogP contribution >= 0.6 is 0 Å². The van der Waals surface area contributed by atoms with Crippen LogP contribution < -0.4 is 5.48 Å². The van der Waals surface area contributed by atoms with Gasteiger partial charge < -0.3 is 10.0 Å². The second kappa shape index (κ2) is 5.77. The van der Waals surface area contributed by atoms with Gasteiger partial charge in [0.1, 0.15) is 11.4 Å². The van der Waals surface area contributed by atoms with Crippen LogP contribution in [-0.2, 0) is 21.5 Å². The summed E-state index contributed by atoms with van der Waals surface area (Å²) in [7, 11) is 1.40. The molecule has 0 unspecified atom stereocenters. The molecule has 2 bridgehead atoms. The Labute approximate surface area is 150 Å². The van der Waals surface area contributed by atoms with Gasteiger partial charge in [-0.15, -0.1) is 0 Å². The summed E-state index contributed by atoms with van der Waals surface area (Å²) in [4.78, 5) is 17.9. The Balaban J connectivity index is 2.16. The van der Waals surface area contributed by atoms with E-state index in [0.717, 1.165) is 10.5 Å². The quantitative estimate of drug-likeness (QED) is 0.617. The number of hydrogen-bond donors (Lipinski definition) is 2. The number of phenols is 1. The Morgan fingerprint density at radius 2 is 2.00 bits per heavy atom. The summed E-state index contributed by atoms with van der Waals surface area (Å²) in [5.41, 5.74) is 3.63. The van der Waals surface area contributed by atoms with E-state index in [1.807, 2.05) is 26.8 Å².